The molecule has 0 radical (unpaired) electrons. The van der Waals surface area contributed by atoms with Gasteiger partial charge in [-0.3, -0.25) is 4.98 Å². The van der Waals surface area contributed by atoms with Crippen LogP contribution in [0.1, 0.15) is 18.4 Å². The average molecular weight is 211 g/mol. The zero-order valence-electron chi connectivity index (χ0n) is 8.93. The van der Waals surface area contributed by atoms with Crippen molar-refractivity contribution >= 4 is 16.5 Å². The Bertz CT molecular complexity index is 559. The molecule has 0 saturated heterocycles. The van der Waals surface area contributed by atoms with Gasteiger partial charge >= 0.3 is 0 Å². The van der Waals surface area contributed by atoms with Crippen LogP contribution >= 0.6 is 0 Å². The molecule has 0 bridgehead atoms. The van der Waals surface area contributed by atoms with Gasteiger partial charge in [0.15, 0.2) is 0 Å². The van der Waals surface area contributed by atoms with Crippen molar-refractivity contribution in [3.63, 3.8) is 0 Å². The summed E-state index contributed by atoms with van der Waals surface area (Å²) < 4.78 is 0. The molecule has 0 spiro atoms. The molecule has 0 aliphatic heterocycles. The summed E-state index contributed by atoms with van der Waals surface area (Å²) in [5, 5.41) is 10.6. The third-order valence-electron chi connectivity index (χ3n) is 3.08. The number of aromatic nitrogens is 1. The summed E-state index contributed by atoms with van der Waals surface area (Å²) in [7, 11) is 0. The topological polar surface area (TPSA) is 33.1 Å². The molecule has 16 heavy (non-hydrogen) atoms. The summed E-state index contributed by atoms with van der Waals surface area (Å²) in [4.78, 5) is 4.30. The number of allylic oxidation sites excluding steroid dienone is 1. The van der Waals surface area contributed by atoms with Gasteiger partial charge in [-0.15, -0.1) is 0 Å². The molecule has 1 aromatic heterocycles. The summed E-state index contributed by atoms with van der Waals surface area (Å²) in [5.74, 6) is 0. The first kappa shape index (κ1) is 9.55. The second kappa shape index (κ2) is 3.72. The fourth-order valence-corrected chi connectivity index (χ4v) is 2.22. The molecule has 1 aliphatic carbocycles. The van der Waals surface area contributed by atoms with Crippen LogP contribution in [0.2, 0.25) is 0 Å². The lowest BCUT2D eigenvalue weighted by atomic mass is 10.0. The third kappa shape index (κ3) is 1.61. The molecule has 0 saturated carbocycles. The van der Waals surface area contributed by atoms with Gasteiger partial charge < -0.3 is 5.11 Å². The van der Waals surface area contributed by atoms with Gasteiger partial charge in [0.05, 0.1) is 11.6 Å². The van der Waals surface area contributed by atoms with Crippen molar-refractivity contribution in [1.29, 1.82) is 0 Å². The number of hydrogen-bond acceptors (Lipinski definition) is 2. The van der Waals surface area contributed by atoms with Gasteiger partial charge in [0, 0.05) is 11.6 Å². The second-order valence-corrected chi connectivity index (χ2v) is 4.21. The molecule has 1 unspecified atom stereocenters. The number of nitrogens with zero attached hydrogens (tertiary/aromatic N) is 1. The Morgan fingerprint density at radius 1 is 1.25 bits per heavy atom. The van der Waals surface area contributed by atoms with Crippen molar-refractivity contribution in [1.82, 2.24) is 4.98 Å². The van der Waals surface area contributed by atoms with Gasteiger partial charge in [-0.1, -0.05) is 18.2 Å². The van der Waals surface area contributed by atoms with E-state index < -0.39 is 0 Å². The van der Waals surface area contributed by atoms with E-state index in [1.807, 2.05) is 18.2 Å². The lowest BCUT2D eigenvalue weighted by molar-refractivity contribution is 0.223. The minimum Gasteiger partial charge on any atom is -0.389 e. The molecule has 1 atom stereocenters. The molecule has 2 aromatic rings. The number of benzene rings is 1. The summed E-state index contributed by atoms with van der Waals surface area (Å²) in [6.07, 6.45) is 5.31. The van der Waals surface area contributed by atoms with Gasteiger partial charge in [-0.05, 0) is 42.2 Å². The van der Waals surface area contributed by atoms with Crippen LogP contribution in [0.3, 0.4) is 0 Å². The predicted molar refractivity (Wildman–Crippen MR) is 65.0 cm³/mol. The summed E-state index contributed by atoms with van der Waals surface area (Å²) >= 11 is 0. The van der Waals surface area contributed by atoms with E-state index in [1.165, 1.54) is 11.1 Å². The van der Waals surface area contributed by atoms with E-state index in [9.17, 15) is 5.11 Å². The Hall–Kier alpha value is -1.67. The van der Waals surface area contributed by atoms with Gasteiger partial charge in [0.25, 0.3) is 0 Å². The number of hydrogen-bond donors (Lipinski definition) is 1. The van der Waals surface area contributed by atoms with Crippen LogP contribution in [0.4, 0.5) is 0 Å². The lowest BCUT2D eigenvalue weighted by Gasteiger charge is -2.03. The molecule has 0 amide bonds. The maximum Gasteiger partial charge on any atom is 0.0730 e. The largest absolute Gasteiger partial charge is 0.389 e. The Morgan fingerprint density at radius 3 is 3.00 bits per heavy atom. The SMILES string of the molecule is OC1C=C(c2ccc3ncccc3c2)CC1. The van der Waals surface area contributed by atoms with Crippen molar-refractivity contribution in [2.45, 2.75) is 18.9 Å². The van der Waals surface area contributed by atoms with Gasteiger partial charge in [-0.2, -0.15) is 0 Å². The first-order chi connectivity index (χ1) is 7.83. The first-order valence-corrected chi connectivity index (χ1v) is 5.57. The zero-order valence-corrected chi connectivity index (χ0v) is 8.93. The van der Waals surface area contributed by atoms with E-state index in [0.29, 0.717) is 0 Å². The van der Waals surface area contributed by atoms with Crippen LogP contribution in [0, 0.1) is 0 Å². The molecule has 2 heteroatoms. The van der Waals surface area contributed by atoms with E-state index >= 15 is 0 Å². The van der Waals surface area contributed by atoms with Crippen molar-refractivity contribution in [3.05, 3.63) is 48.2 Å². The van der Waals surface area contributed by atoms with E-state index in [-0.39, 0.29) is 6.10 Å². The molecule has 2 nitrogen and oxygen atoms in total. The minimum atomic E-state index is -0.264. The smallest absolute Gasteiger partial charge is 0.0730 e. The fourth-order valence-electron chi connectivity index (χ4n) is 2.22. The number of pyridine rings is 1. The standard InChI is InChI=1S/C14H13NO/c16-13-5-3-11(9-13)10-4-6-14-12(8-10)2-1-7-15-14/h1-2,4,6-9,13,16H,3,5H2. The molecule has 1 aliphatic rings. The molecule has 1 N–H and O–H groups in total. The van der Waals surface area contributed by atoms with E-state index in [2.05, 4.69) is 23.2 Å². The maximum absolute atomic E-state index is 9.49. The molecular formula is C14H13NO. The number of aliphatic hydroxyl groups excluding tert-OH is 1. The van der Waals surface area contributed by atoms with E-state index in [0.717, 1.165) is 23.7 Å². The van der Waals surface area contributed by atoms with Crippen LogP contribution in [0.15, 0.2) is 42.6 Å². The Morgan fingerprint density at radius 2 is 2.19 bits per heavy atom. The third-order valence-corrected chi connectivity index (χ3v) is 3.08. The van der Waals surface area contributed by atoms with Crippen LogP contribution in [0.25, 0.3) is 16.5 Å². The molecular weight excluding hydrogens is 198 g/mol. The fraction of sp³-hybridized carbons (Fsp3) is 0.214. The summed E-state index contributed by atoms with van der Waals surface area (Å²) in [5.41, 5.74) is 3.47. The quantitative estimate of drug-likeness (QED) is 0.786. The summed E-state index contributed by atoms with van der Waals surface area (Å²) in [6, 6.07) is 10.3. The monoisotopic (exact) mass is 211 g/mol. The predicted octanol–water partition coefficient (Wildman–Crippen LogP) is 2.77. The van der Waals surface area contributed by atoms with Gasteiger partial charge in [0.2, 0.25) is 0 Å². The second-order valence-electron chi connectivity index (χ2n) is 4.21. The molecule has 3 rings (SSSR count). The number of aliphatic hydroxyl groups is 1. The zero-order chi connectivity index (χ0) is 11.0. The minimum absolute atomic E-state index is 0.264. The average Bonchev–Trinajstić information content (AvgIpc) is 2.75. The highest BCUT2D eigenvalue weighted by atomic mass is 16.3. The highest BCUT2D eigenvalue weighted by Gasteiger charge is 2.14. The molecule has 1 aromatic carbocycles. The van der Waals surface area contributed by atoms with E-state index in [4.69, 9.17) is 0 Å². The van der Waals surface area contributed by atoms with Gasteiger partial charge in [-0.25, -0.2) is 0 Å². The molecule has 0 fully saturated rings. The maximum atomic E-state index is 9.49. The van der Waals surface area contributed by atoms with Crippen LogP contribution in [-0.2, 0) is 0 Å². The van der Waals surface area contributed by atoms with Crippen molar-refractivity contribution in [2.24, 2.45) is 0 Å². The molecule has 80 valence electrons. The number of fused-ring (bicyclic) bond motifs is 1. The van der Waals surface area contributed by atoms with Crippen LogP contribution < -0.4 is 0 Å². The lowest BCUT2D eigenvalue weighted by Crippen LogP contribution is -1.93. The van der Waals surface area contributed by atoms with Crippen molar-refractivity contribution in [2.75, 3.05) is 0 Å². The summed E-state index contributed by atoms with van der Waals surface area (Å²) in [6.45, 7) is 0. The van der Waals surface area contributed by atoms with Crippen molar-refractivity contribution < 1.29 is 5.11 Å². The number of rotatable bonds is 1. The Labute approximate surface area is 94.3 Å². The van der Waals surface area contributed by atoms with Crippen molar-refractivity contribution in [3.8, 4) is 0 Å². The Kier molecular flexibility index (Phi) is 2.22. The highest BCUT2D eigenvalue weighted by Crippen LogP contribution is 2.29. The Balaban J connectivity index is 2.09. The first-order valence-electron chi connectivity index (χ1n) is 5.57. The molecule has 1 heterocycles. The highest BCUT2D eigenvalue weighted by molar-refractivity contribution is 5.83. The van der Waals surface area contributed by atoms with E-state index in [1.54, 1.807) is 6.20 Å². The van der Waals surface area contributed by atoms with Crippen LogP contribution in [-0.4, -0.2) is 16.2 Å². The normalized spacial score (nSPS) is 20.1. The van der Waals surface area contributed by atoms with Gasteiger partial charge in [0.1, 0.15) is 0 Å². The van der Waals surface area contributed by atoms with Crippen LogP contribution in [0.5, 0.6) is 0 Å².